The predicted molar refractivity (Wildman–Crippen MR) is 96.5 cm³/mol. The van der Waals surface area contributed by atoms with Crippen molar-refractivity contribution >= 4 is 24.0 Å². The number of nitrogens with two attached hydrogens (primary N) is 1. The molecule has 144 valence electrons. The Morgan fingerprint density at radius 3 is 2.31 bits per heavy atom. The molecule has 0 fully saturated rings. The van der Waals surface area contributed by atoms with E-state index in [-0.39, 0.29) is 35.7 Å². The van der Waals surface area contributed by atoms with E-state index < -0.39 is 17.6 Å². The Morgan fingerprint density at radius 2 is 1.85 bits per heavy atom. The van der Waals surface area contributed by atoms with Gasteiger partial charge in [-0.05, 0) is 51.5 Å². The Balaban J connectivity index is 0.00000338. The summed E-state index contributed by atoms with van der Waals surface area (Å²) in [6.45, 7) is 7.50. The van der Waals surface area contributed by atoms with E-state index in [0.29, 0.717) is 11.3 Å². The van der Waals surface area contributed by atoms with Gasteiger partial charge in [0.05, 0.1) is 22.9 Å². The van der Waals surface area contributed by atoms with Gasteiger partial charge in [-0.2, -0.15) is 18.3 Å². The van der Waals surface area contributed by atoms with Crippen LogP contribution < -0.4 is 11.1 Å². The number of nitrogens with zero attached hydrogens (tertiary/aromatic N) is 2. The zero-order valence-corrected chi connectivity index (χ0v) is 15.8. The first kappa shape index (κ1) is 22.0. The number of nitrogens with one attached hydrogen (secondary N) is 1. The maximum atomic E-state index is 13.0. The molecule has 0 radical (unpaired) electrons. The average molecular weight is 391 g/mol. The molecule has 3 N–H and O–H groups in total. The monoisotopic (exact) mass is 390 g/mol. The van der Waals surface area contributed by atoms with Gasteiger partial charge >= 0.3 is 6.18 Å². The normalized spacial score (nSPS) is 11.8. The third-order valence-electron chi connectivity index (χ3n) is 3.70. The van der Waals surface area contributed by atoms with Gasteiger partial charge in [-0.25, -0.2) is 0 Å². The third kappa shape index (κ3) is 4.76. The number of benzene rings is 1. The molecule has 0 aliphatic carbocycles. The second-order valence-corrected chi connectivity index (χ2v) is 6.80. The van der Waals surface area contributed by atoms with E-state index in [4.69, 9.17) is 5.73 Å². The van der Waals surface area contributed by atoms with Gasteiger partial charge in [0, 0.05) is 17.9 Å². The minimum Gasteiger partial charge on any atom is -0.326 e. The van der Waals surface area contributed by atoms with Gasteiger partial charge in [0.15, 0.2) is 0 Å². The van der Waals surface area contributed by atoms with Crippen LogP contribution in [0, 0.1) is 6.92 Å². The highest BCUT2D eigenvalue weighted by atomic mass is 35.5. The third-order valence-corrected chi connectivity index (χ3v) is 3.70. The molecule has 2 rings (SSSR count). The molecular weight excluding hydrogens is 369 g/mol. The fourth-order valence-electron chi connectivity index (χ4n) is 2.55. The van der Waals surface area contributed by atoms with Gasteiger partial charge in [0.2, 0.25) is 0 Å². The number of hydrogen-bond donors (Lipinski definition) is 2. The predicted octanol–water partition coefficient (Wildman–Crippen LogP) is 4.10. The molecule has 0 unspecified atom stereocenters. The highest BCUT2D eigenvalue weighted by Crippen LogP contribution is 2.32. The van der Waals surface area contributed by atoms with Gasteiger partial charge in [-0.3, -0.25) is 9.48 Å². The van der Waals surface area contributed by atoms with Crippen LogP contribution in [0.4, 0.5) is 18.9 Å². The quantitative estimate of drug-likeness (QED) is 0.828. The lowest BCUT2D eigenvalue weighted by molar-refractivity contribution is -0.137. The fourth-order valence-corrected chi connectivity index (χ4v) is 2.55. The van der Waals surface area contributed by atoms with Crippen molar-refractivity contribution in [2.75, 3.05) is 5.32 Å². The van der Waals surface area contributed by atoms with Crippen LogP contribution in [0.15, 0.2) is 24.4 Å². The van der Waals surface area contributed by atoms with Crippen molar-refractivity contribution in [3.8, 4) is 0 Å². The molecular formula is C17H22ClF3N4O. The summed E-state index contributed by atoms with van der Waals surface area (Å²) in [7, 11) is 0. The van der Waals surface area contributed by atoms with Crippen molar-refractivity contribution in [2.24, 2.45) is 5.73 Å². The Bertz CT molecular complexity index is 794. The summed E-state index contributed by atoms with van der Waals surface area (Å²) in [4.78, 5) is 12.5. The Labute approximate surface area is 156 Å². The molecule has 2 aromatic rings. The number of carbonyl (C=O) groups is 1. The Kier molecular flexibility index (Phi) is 6.49. The summed E-state index contributed by atoms with van der Waals surface area (Å²) >= 11 is 0. The lowest BCUT2D eigenvalue weighted by Gasteiger charge is -2.21. The first-order valence-electron chi connectivity index (χ1n) is 7.71. The zero-order chi connectivity index (χ0) is 19.0. The van der Waals surface area contributed by atoms with Gasteiger partial charge < -0.3 is 11.1 Å². The standard InChI is InChI=1S/C17H21F3N4O.ClH/c1-10-14(9-22-24(10)16(2,3)4)15(25)23-13-6-11(8-21)5-12(7-13)17(18,19)20;/h5-7,9H,8,21H2,1-4H3,(H,23,25);1H. The highest BCUT2D eigenvalue weighted by Gasteiger charge is 2.31. The second-order valence-electron chi connectivity index (χ2n) is 6.80. The van der Waals surface area contributed by atoms with Crippen LogP contribution in [0.5, 0.6) is 0 Å². The van der Waals surface area contributed by atoms with Crippen LogP contribution in [0.25, 0.3) is 0 Å². The number of halogens is 4. The lowest BCUT2D eigenvalue weighted by Crippen LogP contribution is -2.25. The number of aromatic nitrogens is 2. The highest BCUT2D eigenvalue weighted by molar-refractivity contribution is 6.05. The minimum absolute atomic E-state index is 0. The van der Waals surface area contributed by atoms with Crippen molar-refractivity contribution in [1.29, 1.82) is 0 Å². The van der Waals surface area contributed by atoms with E-state index in [0.717, 1.165) is 12.1 Å². The van der Waals surface area contributed by atoms with Crippen LogP contribution in [0.1, 0.15) is 48.0 Å². The molecule has 0 aliphatic rings. The first-order chi connectivity index (χ1) is 11.4. The van der Waals surface area contributed by atoms with Crippen molar-refractivity contribution in [3.63, 3.8) is 0 Å². The molecule has 0 saturated heterocycles. The van der Waals surface area contributed by atoms with Crippen molar-refractivity contribution in [3.05, 3.63) is 46.8 Å². The summed E-state index contributed by atoms with van der Waals surface area (Å²) in [5, 5.41) is 6.70. The van der Waals surface area contributed by atoms with Gasteiger partial charge in [0.1, 0.15) is 0 Å². The molecule has 1 heterocycles. The number of rotatable bonds is 3. The number of carbonyl (C=O) groups excluding carboxylic acids is 1. The van der Waals surface area contributed by atoms with E-state index in [1.165, 1.54) is 12.3 Å². The number of anilines is 1. The van der Waals surface area contributed by atoms with Crippen LogP contribution in [-0.4, -0.2) is 15.7 Å². The number of amides is 1. The molecule has 0 spiro atoms. The molecule has 1 aromatic heterocycles. The number of alkyl halides is 3. The lowest BCUT2D eigenvalue weighted by atomic mass is 10.1. The summed E-state index contributed by atoms with van der Waals surface area (Å²) in [5.41, 5.74) is 5.56. The molecule has 0 aliphatic heterocycles. The Morgan fingerprint density at radius 1 is 1.23 bits per heavy atom. The average Bonchev–Trinajstić information content (AvgIpc) is 2.87. The van der Waals surface area contributed by atoms with Crippen molar-refractivity contribution < 1.29 is 18.0 Å². The number of hydrogen-bond acceptors (Lipinski definition) is 3. The zero-order valence-electron chi connectivity index (χ0n) is 14.9. The van der Waals surface area contributed by atoms with Crippen molar-refractivity contribution in [1.82, 2.24) is 9.78 Å². The van der Waals surface area contributed by atoms with E-state index in [1.54, 1.807) is 11.6 Å². The van der Waals surface area contributed by atoms with Crippen LogP contribution >= 0.6 is 12.4 Å². The maximum absolute atomic E-state index is 13.0. The maximum Gasteiger partial charge on any atom is 0.416 e. The molecule has 1 aromatic carbocycles. The summed E-state index contributed by atoms with van der Waals surface area (Å²) in [5.74, 6) is -0.518. The van der Waals surface area contributed by atoms with Gasteiger partial charge in [0.25, 0.3) is 5.91 Å². The largest absolute Gasteiger partial charge is 0.416 e. The van der Waals surface area contributed by atoms with Crippen LogP contribution in [0.2, 0.25) is 0 Å². The topological polar surface area (TPSA) is 72.9 Å². The molecule has 0 atom stereocenters. The SMILES string of the molecule is Cc1c(C(=O)Nc2cc(CN)cc(C(F)(F)F)c2)cnn1C(C)(C)C.Cl. The molecule has 9 heteroatoms. The molecule has 5 nitrogen and oxygen atoms in total. The van der Waals surface area contributed by atoms with E-state index in [9.17, 15) is 18.0 Å². The minimum atomic E-state index is -4.52. The van der Waals surface area contributed by atoms with E-state index in [1.807, 2.05) is 20.8 Å². The first-order valence-corrected chi connectivity index (χ1v) is 7.71. The second kappa shape index (κ2) is 7.67. The van der Waals surface area contributed by atoms with Gasteiger partial charge in [-0.1, -0.05) is 0 Å². The summed E-state index contributed by atoms with van der Waals surface area (Å²) < 4.78 is 40.6. The molecule has 26 heavy (non-hydrogen) atoms. The van der Waals surface area contributed by atoms with Crippen molar-refractivity contribution in [2.45, 2.75) is 46.0 Å². The van der Waals surface area contributed by atoms with Crippen LogP contribution in [0.3, 0.4) is 0 Å². The summed E-state index contributed by atoms with van der Waals surface area (Å²) in [6, 6.07) is 3.29. The summed E-state index contributed by atoms with van der Waals surface area (Å²) in [6.07, 6.45) is -3.11. The smallest absolute Gasteiger partial charge is 0.326 e. The van der Waals surface area contributed by atoms with Gasteiger partial charge in [-0.15, -0.1) is 12.4 Å². The van der Waals surface area contributed by atoms with Crippen LogP contribution in [-0.2, 0) is 18.3 Å². The Hall–Kier alpha value is -2.06. The molecule has 1 amide bonds. The van der Waals surface area contributed by atoms with E-state index >= 15 is 0 Å². The fraction of sp³-hybridized carbons (Fsp3) is 0.412. The van der Waals surface area contributed by atoms with E-state index in [2.05, 4.69) is 10.4 Å². The molecule has 0 saturated carbocycles. The molecule has 0 bridgehead atoms.